The van der Waals surface area contributed by atoms with Crippen LogP contribution in [0, 0.1) is 5.92 Å². The van der Waals surface area contributed by atoms with E-state index < -0.39 is 17.9 Å². The van der Waals surface area contributed by atoms with Gasteiger partial charge in [-0.25, -0.2) is 4.79 Å². The summed E-state index contributed by atoms with van der Waals surface area (Å²) in [7, 11) is 1.30. The molecule has 0 radical (unpaired) electrons. The van der Waals surface area contributed by atoms with Gasteiger partial charge >= 0.3 is 11.9 Å². The van der Waals surface area contributed by atoms with E-state index in [1.165, 1.54) is 13.3 Å². The van der Waals surface area contributed by atoms with E-state index in [9.17, 15) is 9.59 Å². The lowest BCUT2D eigenvalue weighted by atomic mass is 9.94. The number of ether oxygens (including phenoxy) is 2. The van der Waals surface area contributed by atoms with Crippen molar-refractivity contribution in [2.75, 3.05) is 13.7 Å². The first-order valence-electron chi connectivity index (χ1n) is 6.06. The van der Waals surface area contributed by atoms with Crippen molar-refractivity contribution in [3.8, 4) is 0 Å². The van der Waals surface area contributed by atoms with Crippen LogP contribution >= 0.6 is 12.2 Å². The number of esters is 2. The molecule has 1 heterocycles. The molecule has 20 heavy (non-hydrogen) atoms. The average molecular weight is 291 g/mol. The lowest BCUT2D eigenvalue weighted by Crippen LogP contribution is -2.29. The summed E-state index contributed by atoms with van der Waals surface area (Å²) in [5.74, 6) is -1.61. The zero-order valence-corrected chi connectivity index (χ0v) is 11.9. The molecule has 1 atom stereocenters. The summed E-state index contributed by atoms with van der Waals surface area (Å²) in [6, 6.07) is 5.02. The van der Waals surface area contributed by atoms with Gasteiger partial charge in [-0.15, -0.1) is 0 Å². The van der Waals surface area contributed by atoms with E-state index in [2.05, 4.69) is 4.99 Å². The second kappa shape index (κ2) is 5.92. The smallest absolute Gasteiger partial charge is 0.340 e. The Morgan fingerprint density at radius 3 is 2.80 bits per heavy atom. The third-order valence-corrected chi connectivity index (χ3v) is 3.36. The van der Waals surface area contributed by atoms with Crippen LogP contribution in [0.15, 0.2) is 23.2 Å². The van der Waals surface area contributed by atoms with E-state index in [1.54, 1.807) is 25.1 Å². The lowest BCUT2D eigenvalue weighted by Gasteiger charge is -2.19. The summed E-state index contributed by atoms with van der Waals surface area (Å²) in [5, 5.41) is 0. The van der Waals surface area contributed by atoms with E-state index in [0.717, 1.165) is 0 Å². The Balaban J connectivity index is 2.43. The maximum absolute atomic E-state index is 11.8. The Kier molecular flexibility index (Phi) is 4.24. The Hall–Kier alpha value is -2.08. The highest BCUT2D eigenvalue weighted by Gasteiger charge is 2.30. The fourth-order valence-corrected chi connectivity index (χ4v) is 2.26. The normalized spacial score (nSPS) is 16.5. The fraction of sp³-hybridized carbons (Fsp3) is 0.286. The predicted octanol–water partition coefficient (Wildman–Crippen LogP) is 2.09. The second-order valence-corrected chi connectivity index (χ2v) is 4.51. The maximum Gasteiger partial charge on any atom is 0.340 e. The number of hydrogen-bond acceptors (Lipinski definition) is 6. The maximum atomic E-state index is 11.8. The van der Waals surface area contributed by atoms with Gasteiger partial charge in [0.1, 0.15) is 5.92 Å². The molecule has 0 saturated carbocycles. The van der Waals surface area contributed by atoms with Crippen LogP contribution in [0.3, 0.4) is 0 Å². The predicted molar refractivity (Wildman–Crippen MR) is 77.8 cm³/mol. The zero-order chi connectivity index (χ0) is 14.7. The number of thiocarbonyl (C=S) groups is 1. The summed E-state index contributed by atoms with van der Waals surface area (Å²) in [4.78, 5) is 28.1. The number of methoxy groups -OCH3 is 1. The van der Waals surface area contributed by atoms with E-state index in [4.69, 9.17) is 21.7 Å². The first kappa shape index (κ1) is 14.3. The molecule has 5 nitrogen and oxygen atoms in total. The summed E-state index contributed by atoms with van der Waals surface area (Å²) in [6.07, 6.45) is 1.41. The number of nitrogens with zero attached hydrogens (tertiary/aromatic N) is 1. The van der Waals surface area contributed by atoms with E-state index in [0.29, 0.717) is 21.7 Å². The number of fused-ring (bicyclic) bond motifs is 1. The van der Waals surface area contributed by atoms with Crippen LogP contribution < -0.4 is 0 Å². The van der Waals surface area contributed by atoms with Crippen molar-refractivity contribution in [2.45, 2.75) is 6.92 Å². The van der Waals surface area contributed by atoms with Crippen molar-refractivity contribution in [1.29, 1.82) is 0 Å². The molecule has 0 spiro atoms. The first-order chi connectivity index (χ1) is 9.60. The van der Waals surface area contributed by atoms with Crippen molar-refractivity contribution in [3.05, 3.63) is 29.3 Å². The van der Waals surface area contributed by atoms with Crippen LogP contribution in [0.25, 0.3) is 0 Å². The molecule has 2 rings (SSSR count). The van der Waals surface area contributed by atoms with Crippen LogP contribution in [-0.2, 0) is 14.3 Å². The largest absolute Gasteiger partial charge is 0.465 e. The van der Waals surface area contributed by atoms with Crippen LogP contribution in [0.2, 0.25) is 0 Å². The molecule has 0 fully saturated rings. The van der Waals surface area contributed by atoms with Gasteiger partial charge in [0, 0.05) is 16.6 Å². The minimum Gasteiger partial charge on any atom is -0.465 e. The number of aliphatic imine (C=N–C) groups is 1. The van der Waals surface area contributed by atoms with E-state index in [-0.39, 0.29) is 6.61 Å². The molecule has 0 saturated heterocycles. The molecular weight excluding hydrogens is 278 g/mol. The third-order valence-electron chi connectivity index (χ3n) is 2.88. The Morgan fingerprint density at radius 1 is 1.40 bits per heavy atom. The molecule has 1 unspecified atom stereocenters. The Labute approximate surface area is 121 Å². The molecule has 1 aromatic rings. The Bertz CT molecular complexity index is 609. The van der Waals surface area contributed by atoms with Crippen molar-refractivity contribution in [2.24, 2.45) is 10.9 Å². The number of para-hydroxylation sites is 1. The highest BCUT2D eigenvalue weighted by atomic mass is 32.1. The van der Waals surface area contributed by atoms with Crippen molar-refractivity contribution >= 4 is 40.9 Å². The van der Waals surface area contributed by atoms with Crippen LogP contribution in [-0.4, -0.2) is 36.7 Å². The number of carbonyl (C=O) groups is 2. The van der Waals surface area contributed by atoms with E-state index in [1.807, 2.05) is 0 Å². The van der Waals surface area contributed by atoms with Gasteiger partial charge in [0.05, 0.1) is 25.0 Å². The SMILES string of the molecule is CCOC(=O)C1C=Nc2c(C(=O)OC)cccc2C1=S. The molecule has 1 aliphatic rings. The summed E-state index contributed by atoms with van der Waals surface area (Å²) in [6.45, 7) is 2.01. The van der Waals surface area contributed by atoms with Crippen LogP contribution in [0.1, 0.15) is 22.8 Å². The van der Waals surface area contributed by atoms with Gasteiger partial charge in [-0.3, -0.25) is 9.79 Å². The van der Waals surface area contributed by atoms with Crippen LogP contribution in [0.4, 0.5) is 5.69 Å². The summed E-state index contributed by atoms with van der Waals surface area (Å²) >= 11 is 5.31. The van der Waals surface area contributed by atoms with Crippen LogP contribution in [0.5, 0.6) is 0 Å². The topological polar surface area (TPSA) is 65.0 Å². The van der Waals surface area contributed by atoms with Gasteiger partial charge in [0.15, 0.2) is 0 Å². The molecule has 0 amide bonds. The van der Waals surface area contributed by atoms with Crippen molar-refractivity contribution in [3.63, 3.8) is 0 Å². The first-order valence-corrected chi connectivity index (χ1v) is 6.47. The quantitative estimate of drug-likeness (QED) is 0.630. The molecule has 0 aliphatic carbocycles. The molecule has 1 aliphatic heterocycles. The number of benzene rings is 1. The highest BCUT2D eigenvalue weighted by Crippen LogP contribution is 2.31. The molecule has 6 heteroatoms. The van der Waals surface area contributed by atoms with Gasteiger partial charge in [0.25, 0.3) is 0 Å². The van der Waals surface area contributed by atoms with Gasteiger partial charge < -0.3 is 9.47 Å². The van der Waals surface area contributed by atoms with Gasteiger partial charge in [0.2, 0.25) is 0 Å². The summed E-state index contributed by atoms with van der Waals surface area (Å²) in [5.41, 5.74) is 1.35. The van der Waals surface area contributed by atoms with Gasteiger partial charge in [-0.05, 0) is 13.0 Å². The molecule has 104 valence electrons. The molecular formula is C14H13NO4S. The number of hydrogen-bond donors (Lipinski definition) is 0. The fourth-order valence-electron chi connectivity index (χ4n) is 1.94. The molecule has 0 N–H and O–H groups in total. The zero-order valence-electron chi connectivity index (χ0n) is 11.1. The minimum absolute atomic E-state index is 0.279. The van der Waals surface area contributed by atoms with Gasteiger partial charge in [-0.2, -0.15) is 0 Å². The summed E-state index contributed by atoms with van der Waals surface area (Å²) < 4.78 is 9.66. The number of carbonyl (C=O) groups excluding carboxylic acids is 2. The molecule has 0 bridgehead atoms. The highest BCUT2D eigenvalue weighted by molar-refractivity contribution is 7.81. The van der Waals surface area contributed by atoms with Gasteiger partial charge in [-0.1, -0.05) is 24.4 Å². The molecule has 0 aromatic heterocycles. The molecule has 1 aromatic carbocycles. The van der Waals surface area contributed by atoms with Crippen molar-refractivity contribution < 1.29 is 19.1 Å². The van der Waals surface area contributed by atoms with E-state index >= 15 is 0 Å². The number of rotatable bonds is 3. The third kappa shape index (κ3) is 2.46. The average Bonchev–Trinajstić information content (AvgIpc) is 2.46. The second-order valence-electron chi connectivity index (χ2n) is 4.07. The lowest BCUT2D eigenvalue weighted by molar-refractivity contribution is -0.143. The Morgan fingerprint density at radius 2 is 2.15 bits per heavy atom. The monoisotopic (exact) mass is 291 g/mol. The van der Waals surface area contributed by atoms with Crippen molar-refractivity contribution in [1.82, 2.24) is 0 Å². The minimum atomic E-state index is -0.689. The standard InChI is InChI=1S/C14H13NO4S/c1-3-19-14(17)10-7-15-11-8(12(10)20)5-4-6-9(11)13(16)18-2/h4-7,10H,3H2,1-2H3.